The van der Waals surface area contributed by atoms with E-state index in [4.69, 9.17) is 4.52 Å². The van der Waals surface area contributed by atoms with Gasteiger partial charge in [-0.2, -0.15) is 4.98 Å². The second-order valence-electron chi connectivity index (χ2n) is 4.51. The first-order valence-corrected chi connectivity index (χ1v) is 6.82. The third-order valence-corrected chi connectivity index (χ3v) is 4.02. The molecule has 0 unspecified atom stereocenters. The molecule has 90 valence electrons. The van der Waals surface area contributed by atoms with Crippen molar-refractivity contribution in [2.75, 3.05) is 6.54 Å². The maximum atomic E-state index is 5.39. The molecule has 3 heterocycles. The van der Waals surface area contributed by atoms with Crippen LogP contribution in [-0.2, 0) is 0 Å². The van der Waals surface area contributed by atoms with E-state index in [2.05, 4.69) is 22.4 Å². The maximum absolute atomic E-state index is 5.39. The highest BCUT2D eigenvalue weighted by Gasteiger charge is 2.25. The Labute approximate surface area is 104 Å². The van der Waals surface area contributed by atoms with E-state index < -0.39 is 0 Å². The summed E-state index contributed by atoms with van der Waals surface area (Å²) in [6.07, 6.45) is 2.16. The molecule has 0 spiro atoms. The van der Waals surface area contributed by atoms with Crippen molar-refractivity contribution >= 4 is 11.3 Å². The summed E-state index contributed by atoms with van der Waals surface area (Å²) in [6.45, 7) is 3.23. The third-order valence-electron chi connectivity index (χ3n) is 3.16. The van der Waals surface area contributed by atoms with Gasteiger partial charge in [0.25, 0.3) is 0 Å². The molecular weight excluding hydrogens is 234 g/mol. The lowest BCUT2D eigenvalue weighted by molar-refractivity contribution is 0.295. The van der Waals surface area contributed by atoms with Crippen LogP contribution in [0.5, 0.6) is 0 Å². The Morgan fingerprint density at radius 3 is 3.24 bits per heavy atom. The standard InChI is InChI=1S/C12H15N3OS/c1-8-7-9(4-5-13-8)12-14-11(15-16-12)10-3-2-6-17-10/h2-3,6,8-9,13H,4-5,7H2,1H3/t8-,9-/m0/s1. The number of hydrogen-bond donors (Lipinski definition) is 1. The summed E-state index contributed by atoms with van der Waals surface area (Å²) in [5.74, 6) is 1.93. The van der Waals surface area contributed by atoms with Crippen LogP contribution in [0, 0.1) is 0 Å². The summed E-state index contributed by atoms with van der Waals surface area (Å²) >= 11 is 1.64. The fourth-order valence-corrected chi connectivity index (χ4v) is 2.91. The molecule has 0 amide bonds. The summed E-state index contributed by atoms with van der Waals surface area (Å²) in [7, 11) is 0. The summed E-state index contributed by atoms with van der Waals surface area (Å²) < 4.78 is 5.39. The molecule has 0 aromatic carbocycles. The molecule has 0 bridgehead atoms. The van der Waals surface area contributed by atoms with Gasteiger partial charge in [0.1, 0.15) is 0 Å². The van der Waals surface area contributed by atoms with Crippen LogP contribution in [-0.4, -0.2) is 22.7 Å². The molecule has 1 aliphatic heterocycles. The Balaban J connectivity index is 1.80. The highest BCUT2D eigenvalue weighted by molar-refractivity contribution is 7.13. The monoisotopic (exact) mass is 249 g/mol. The highest BCUT2D eigenvalue weighted by atomic mass is 32.1. The molecule has 3 rings (SSSR count). The van der Waals surface area contributed by atoms with Crippen LogP contribution in [0.3, 0.4) is 0 Å². The zero-order valence-electron chi connectivity index (χ0n) is 9.72. The fraction of sp³-hybridized carbons (Fsp3) is 0.500. The van der Waals surface area contributed by atoms with Crippen molar-refractivity contribution in [1.82, 2.24) is 15.5 Å². The largest absolute Gasteiger partial charge is 0.339 e. The smallest absolute Gasteiger partial charge is 0.230 e. The number of rotatable bonds is 2. The quantitative estimate of drug-likeness (QED) is 0.889. The zero-order chi connectivity index (χ0) is 11.7. The molecule has 0 saturated carbocycles. The van der Waals surface area contributed by atoms with Crippen LogP contribution in [0.1, 0.15) is 31.6 Å². The SMILES string of the molecule is C[C@H]1C[C@@H](c2nc(-c3cccs3)no2)CCN1. The van der Waals surface area contributed by atoms with E-state index in [9.17, 15) is 0 Å². The molecule has 1 N–H and O–H groups in total. The molecule has 1 aliphatic rings. The molecule has 2 atom stereocenters. The van der Waals surface area contributed by atoms with Crippen molar-refractivity contribution in [3.63, 3.8) is 0 Å². The first-order valence-electron chi connectivity index (χ1n) is 5.94. The van der Waals surface area contributed by atoms with Crippen molar-refractivity contribution in [3.05, 3.63) is 23.4 Å². The van der Waals surface area contributed by atoms with Gasteiger partial charge >= 0.3 is 0 Å². The van der Waals surface area contributed by atoms with Gasteiger partial charge in [0.2, 0.25) is 11.7 Å². The molecule has 2 aromatic heterocycles. The predicted molar refractivity (Wildman–Crippen MR) is 67.1 cm³/mol. The van der Waals surface area contributed by atoms with Crippen LogP contribution in [0.15, 0.2) is 22.0 Å². The highest BCUT2D eigenvalue weighted by Crippen LogP contribution is 2.29. The number of aromatic nitrogens is 2. The minimum atomic E-state index is 0.410. The lowest BCUT2D eigenvalue weighted by Crippen LogP contribution is -2.34. The van der Waals surface area contributed by atoms with Crippen LogP contribution < -0.4 is 5.32 Å². The van der Waals surface area contributed by atoms with Crippen LogP contribution in [0.4, 0.5) is 0 Å². The van der Waals surface area contributed by atoms with Gasteiger partial charge < -0.3 is 9.84 Å². The minimum Gasteiger partial charge on any atom is -0.339 e. The maximum Gasteiger partial charge on any atom is 0.230 e. The van der Waals surface area contributed by atoms with Gasteiger partial charge in [-0.05, 0) is 37.8 Å². The topological polar surface area (TPSA) is 51.0 Å². The number of thiophene rings is 1. The summed E-state index contributed by atoms with van der Waals surface area (Å²) in [5.41, 5.74) is 0. The Bertz CT molecular complexity index is 480. The Hall–Kier alpha value is -1.20. The van der Waals surface area contributed by atoms with Crippen LogP contribution >= 0.6 is 11.3 Å². The van der Waals surface area contributed by atoms with Gasteiger partial charge in [0.15, 0.2) is 0 Å². The Morgan fingerprint density at radius 1 is 1.53 bits per heavy atom. The fourth-order valence-electron chi connectivity index (χ4n) is 2.26. The van der Waals surface area contributed by atoms with Gasteiger partial charge in [0, 0.05) is 12.0 Å². The summed E-state index contributed by atoms with van der Waals surface area (Å²) in [4.78, 5) is 5.59. The Morgan fingerprint density at radius 2 is 2.47 bits per heavy atom. The van der Waals surface area contributed by atoms with Crippen molar-refractivity contribution < 1.29 is 4.52 Å². The zero-order valence-corrected chi connectivity index (χ0v) is 10.5. The van der Waals surface area contributed by atoms with Gasteiger partial charge in [-0.3, -0.25) is 0 Å². The van der Waals surface area contributed by atoms with Crippen molar-refractivity contribution in [2.24, 2.45) is 0 Å². The molecule has 4 nitrogen and oxygen atoms in total. The molecule has 1 saturated heterocycles. The predicted octanol–water partition coefficient (Wildman–Crippen LogP) is 2.65. The average molecular weight is 249 g/mol. The third kappa shape index (κ3) is 2.25. The molecule has 0 aliphatic carbocycles. The van der Waals surface area contributed by atoms with E-state index in [1.165, 1.54) is 0 Å². The molecule has 1 fully saturated rings. The number of piperidine rings is 1. The van der Waals surface area contributed by atoms with E-state index in [0.29, 0.717) is 12.0 Å². The van der Waals surface area contributed by atoms with Crippen molar-refractivity contribution in [2.45, 2.75) is 31.7 Å². The Kier molecular flexibility index (Phi) is 2.94. The van der Waals surface area contributed by atoms with E-state index in [1.54, 1.807) is 11.3 Å². The summed E-state index contributed by atoms with van der Waals surface area (Å²) in [5, 5.41) is 9.52. The molecule has 2 aromatic rings. The van der Waals surface area contributed by atoms with Gasteiger partial charge in [-0.25, -0.2) is 0 Å². The normalized spacial score (nSPS) is 25.0. The number of nitrogens with zero attached hydrogens (tertiary/aromatic N) is 2. The minimum absolute atomic E-state index is 0.410. The van der Waals surface area contributed by atoms with Crippen LogP contribution in [0.25, 0.3) is 10.7 Å². The molecular formula is C12H15N3OS. The van der Waals surface area contributed by atoms with E-state index in [0.717, 1.165) is 36.0 Å². The van der Waals surface area contributed by atoms with Gasteiger partial charge in [-0.15, -0.1) is 11.3 Å². The lowest BCUT2D eigenvalue weighted by Gasteiger charge is -2.25. The van der Waals surface area contributed by atoms with Crippen molar-refractivity contribution in [3.8, 4) is 10.7 Å². The molecule has 5 heteroatoms. The number of hydrogen-bond acceptors (Lipinski definition) is 5. The average Bonchev–Trinajstić information content (AvgIpc) is 3.00. The second-order valence-corrected chi connectivity index (χ2v) is 5.46. The summed E-state index contributed by atoms with van der Waals surface area (Å²) in [6, 6.07) is 4.55. The van der Waals surface area contributed by atoms with Gasteiger partial charge in [-0.1, -0.05) is 11.2 Å². The molecule has 0 radical (unpaired) electrons. The van der Waals surface area contributed by atoms with E-state index in [-0.39, 0.29) is 0 Å². The first kappa shape index (κ1) is 10.9. The number of nitrogens with one attached hydrogen (secondary N) is 1. The lowest BCUT2D eigenvalue weighted by atomic mass is 9.93. The second kappa shape index (κ2) is 4.58. The molecule has 17 heavy (non-hydrogen) atoms. The van der Waals surface area contributed by atoms with Crippen molar-refractivity contribution in [1.29, 1.82) is 0 Å². The van der Waals surface area contributed by atoms with Crippen LogP contribution in [0.2, 0.25) is 0 Å². The van der Waals surface area contributed by atoms with Gasteiger partial charge in [0.05, 0.1) is 4.88 Å². The first-order chi connectivity index (χ1) is 8.33. The van der Waals surface area contributed by atoms with E-state index in [1.807, 2.05) is 17.5 Å². The van der Waals surface area contributed by atoms with E-state index >= 15 is 0 Å².